The Morgan fingerprint density at radius 2 is 1.73 bits per heavy atom. The molecule has 4 nitrogen and oxygen atoms in total. The second-order valence-corrected chi connectivity index (χ2v) is 8.10. The maximum Gasteiger partial charge on any atom is 0.267 e. The van der Waals surface area contributed by atoms with Gasteiger partial charge in [-0.05, 0) is 41.4 Å². The van der Waals surface area contributed by atoms with Gasteiger partial charge in [-0.2, -0.15) is 0 Å². The third-order valence-corrected chi connectivity index (χ3v) is 6.03. The van der Waals surface area contributed by atoms with Gasteiger partial charge in [0.25, 0.3) is 5.91 Å². The minimum absolute atomic E-state index is 0.0236. The number of benzene rings is 1. The largest absolute Gasteiger partial charge is 0.485 e. The van der Waals surface area contributed by atoms with E-state index in [4.69, 9.17) is 9.47 Å². The van der Waals surface area contributed by atoms with Gasteiger partial charge in [0.15, 0.2) is 11.5 Å². The molecule has 26 heavy (non-hydrogen) atoms. The number of thiophene rings is 2. The molecule has 2 aromatic heterocycles. The molecule has 0 saturated carbocycles. The van der Waals surface area contributed by atoms with E-state index in [0.29, 0.717) is 24.6 Å². The third-order valence-electron chi connectivity index (χ3n) is 4.23. The van der Waals surface area contributed by atoms with E-state index in [-0.39, 0.29) is 12.5 Å². The van der Waals surface area contributed by atoms with Crippen LogP contribution < -0.4 is 9.47 Å². The Bertz CT molecular complexity index is 846. The lowest BCUT2D eigenvalue weighted by Crippen LogP contribution is -2.46. The average Bonchev–Trinajstić information content (AvgIpc) is 3.38. The number of carbonyl (C=O) groups is 1. The van der Waals surface area contributed by atoms with Gasteiger partial charge in [-0.15, -0.1) is 22.7 Å². The van der Waals surface area contributed by atoms with Crippen LogP contribution in [0.4, 0.5) is 0 Å². The average molecular weight is 386 g/mol. The Morgan fingerprint density at radius 1 is 1.00 bits per heavy atom. The summed E-state index contributed by atoms with van der Waals surface area (Å²) in [6.45, 7) is 1.51. The van der Waals surface area contributed by atoms with Crippen LogP contribution in [-0.2, 0) is 17.8 Å². The fraction of sp³-hybridized carbons (Fsp3) is 0.250. The van der Waals surface area contributed by atoms with Crippen molar-refractivity contribution in [2.75, 3.05) is 13.2 Å². The molecule has 3 heterocycles. The molecule has 4 rings (SSSR count). The highest BCUT2D eigenvalue weighted by Gasteiger charge is 2.31. The van der Waals surface area contributed by atoms with Crippen LogP contribution in [-0.4, -0.2) is 30.1 Å². The summed E-state index contributed by atoms with van der Waals surface area (Å²) in [6, 6.07) is 15.7. The Kier molecular flexibility index (Phi) is 5.22. The van der Waals surface area contributed by atoms with E-state index in [9.17, 15) is 4.79 Å². The van der Waals surface area contributed by atoms with Gasteiger partial charge in [0.05, 0.1) is 6.54 Å². The number of nitrogens with zero attached hydrogens (tertiary/aromatic N) is 1. The lowest BCUT2D eigenvalue weighted by molar-refractivity contribution is -0.141. The normalized spacial score (nSPS) is 15.6. The molecule has 3 aromatic rings. The van der Waals surface area contributed by atoms with Crippen LogP contribution in [0.1, 0.15) is 9.75 Å². The SMILES string of the molecule is O=C(C1COc2ccccc2O1)N(CCc1cccs1)Cc1cccs1. The first-order valence-electron chi connectivity index (χ1n) is 8.51. The summed E-state index contributed by atoms with van der Waals surface area (Å²) in [5.41, 5.74) is 0. The van der Waals surface area contributed by atoms with Crippen molar-refractivity contribution in [2.45, 2.75) is 19.1 Å². The van der Waals surface area contributed by atoms with E-state index in [2.05, 4.69) is 17.5 Å². The number of hydrogen-bond acceptors (Lipinski definition) is 5. The summed E-state index contributed by atoms with van der Waals surface area (Å²) in [5.74, 6) is 1.30. The highest BCUT2D eigenvalue weighted by Crippen LogP contribution is 2.31. The number of rotatable bonds is 6. The molecule has 1 aromatic carbocycles. The van der Waals surface area contributed by atoms with Gasteiger partial charge in [-0.1, -0.05) is 24.3 Å². The summed E-state index contributed by atoms with van der Waals surface area (Å²) in [5, 5.41) is 4.10. The summed E-state index contributed by atoms with van der Waals surface area (Å²) in [4.78, 5) is 17.5. The third kappa shape index (κ3) is 3.92. The van der Waals surface area contributed by atoms with Crippen molar-refractivity contribution in [3.63, 3.8) is 0 Å². The second kappa shape index (κ2) is 7.93. The zero-order valence-electron chi connectivity index (χ0n) is 14.2. The monoisotopic (exact) mass is 385 g/mol. The first kappa shape index (κ1) is 17.1. The van der Waals surface area contributed by atoms with Crippen LogP contribution in [0, 0.1) is 0 Å². The molecule has 6 heteroatoms. The van der Waals surface area contributed by atoms with Crippen molar-refractivity contribution in [3.8, 4) is 11.5 Å². The molecule has 0 saturated heterocycles. The fourth-order valence-corrected chi connectivity index (χ4v) is 4.32. The smallest absolute Gasteiger partial charge is 0.267 e. The quantitative estimate of drug-likeness (QED) is 0.638. The maximum atomic E-state index is 13.1. The van der Waals surface area contributed by atoms with E-state index in [1.54, 1.807) is 22.7 Å². The summed E-state index contributed by atoms with van der Waals surface area (Å²) >= 11 is 3.38. The van der Waals surface area contributed by atoms with Gasteiger partial charge in [0.2, 0.25) is 6.10 Å². The van der Waals surface area contributed by atoms with Crippen LogP contribution in [0.2, 0.25) is 0 Å². The zero-order valence-corrected chi connectivity index (χ0v) is 15.8. The Hall–Kier alpha value is -2.31. The predicted molar refractivity (Wildman–Crippen MR) is 104 cm³/mol. The van der Waals surface area contributed by atoms with Gasteiger partial charge in [0.1, 0.15) is 6.61 Å². The van der Waals surface area contributed by atoms with Crippen LogP contribution in [0.5, 0.6) is 11.5 Å². The van der Waals surface area contributed by atoms with Crippen molar-refractivity contribution >= 4 is 28.6 Å². The van der Waals surface area contributed by atoms with E-state index < -0.39 is 6.10 Å². The molecule has 1 amide bonds. The van der Waals surface area contributed by atoms with E-state index in [1.165, 1.54) is 9.75 Å². The fourth-order valence-electron chi connectivity index (χ4n) is 2.90. The molecule has 0 radical (unpaired) electrons. The highest BCUT2D eigenvalue weighted by atomic mass is 32.1. The number of amides is 1. The molecule has 1 aliphatic heterocycles. The Morgan fingerprint density at radius 3 is 2.46 bits per heavy atom. The minimum Gasteiger partial charge on any atom is -0.485 e. The molecule has 134 valence electrons. The summed E-state index contributed by atoms with van der Waals surface area (Å²) in [7, 11) is 0. The van der Waals surface area contributed by atoms with E-state index in [1.807, 2.05) is 46.7 Å². The van der Waals surface area contributed by atoms with Gasteiger partial charge in [-0.25, -0.2) is 0 Å². The van der Waals surface area contributed by atoms with Gasteiger partial charge in [-0.3, -0.25) is 4.79 Å². The van der Waals surface area contributed by atoms with E-state index in [0.717, 1.165) is 6.42 Å². The van der Waals surface area contributed by atoms with Crippen LogP contribution in [0.15, 0.2) is 59.3 Å². The number of carbonyl (C=O) groups excluding carboxylic acids is 1. The lowest BCUT2D eigenvalue weighted by atomic mass is 10.2. The van der Waals surface area contributed by atoms with Gasteiger partial charge < -0.3 is 14.4 Å². The molecule has 0 aliphatic carbocycles. The van der Waals surface area contributed by atoms with Crippen molar-refractivity contribution < 1.29 is 14.3 Å². The van der Waals surface area contributed by atoms with Crippen molar-refractivity contribution in [2.24, 2.45) is 0 Å². The first-order valence-corrected chi connectivity index (χ1v) is 10.3. The Balaban J connectivity index is 1.48. The van der Waals surface area contributed by atoms with Crippen molar-refractivity contribution in [3.05, 3.63) is 69.0 Å². The standard InChI is InChI=1S/C20H19NO3S2/c22-20(19-14-23-17-7-1-2-8-18(17)24-19)21(13-16-6-4-12-26-16)10-9-15-5-3-11-25-15/h1-8,11-12,19H,9-10,13-14H2. The molecule has 1 aliphatic rings. The molecule has 0 bridgehead atoms. The Labute approximate surface area is 160 Å². The van der Waals surface area contributed by atoms with Gasteiger partial charge in [0, 0.05) is 16.3 Å². The molecule has 0 spiro atoms. The molecular weight excluding hydrogens is 366 g/mol. The summed E-state index contributed by atoms with van der Waals surface area (Å²) < 4.78 is 11.6. The first-order chi connectivity index (χ1) is 12.8. The predicted octanol–water partition coefficient (Wildman–Crippen LogP) is 4.22. The topological polar surface area (TPSA) is 38.8 Å². The summed E-state index contributed by atoms with van der Waals surface area (Å²) in [6.07, 6.45) is 0.243. The zero-order chi connectivity index (χ0) is 17.8. The van der Waals surface area contributed by atoms with Crippen LogP contribution in [0.3, 0.4) is 0 Å². The molecule has 0 N–H and O–H groups in total. The highest BCUT2D eigenvalue weighted by molar-refractivity contribution is 7.10. The second-order valence-electron chi connectivity index (χ2n) is 6.03. The lowest BCUT2D eigenvalue weighted by Gasteiger charge is -2.30. The van der Waals surface area contributed by atoms with E-state index >= 15 is 0 Å². The number of fused-ring (bicyclic) bond motifs is 1. The van der Waals surface area contributed by atoms with Crippen molar-refractivity contribution in [1.29, 1.82) is 0 Å². The molecule has 1 atom stereocenters. The number of ether oxygens (including phenoxy) is 2. The molecule has 1 unspecified atom stereocenters. The molecular formula is C20H19NO3S2. The van der Waals surface area contributed by atoms with Crippen LogP contribution in [0.25, 0.3) is 0 Å². The minimum atomic E-state index is -0.604. The maximum absolute atomic E-state index is 13.1. The number of hydrogen-bond donors (Lipinski definition) is 0. The molecule has 0 fully saturated rings. The van der Waals surface area contributed by atoms with Crippen molar-refractivity contribution in [1.82, 2.24) is 4.90 Å². The van der Waals surface area contributed by atoms with Crippen LogP contribution >= 0.6 is 22.7 Å². The number of para-hydroxylation sites is 2. The van der Waals surface area contributed by atoms with Gasteiger partial charge >= 0.3 is 0 Å².